The number of nitrogens with two attached hydrogens (primary N) is 1. The van der Waals surface area contributed by atoms with Crippen molar-refractivity contribution in [3.8, 4) is 6.07 Å². The van der Waals surface area contributed by atoms with E-state index in [1.165, 1.54) is 0 Å². The second-order valence-corrected chi connectivity index (χ2v) is 3.83. The molecule has 1 rings (SSSR count). The largest absolute Gasteiger partial charge is 0.362 e. The van der Waals surface area contributed by atoms with Gasteiger partial charge in [0.15, 0.2) is 0 Å². The molecule has 4 heteroatoms. The molecule has 1 aromatic heterocycles. The number of nitriles is 1. The minimum Gasteiger partial charge on any atom is -0.362 e. The summed E-state index contributed by atoms with van der Waals surface area (Å²) in [6.07, 6.45) is 3.48. The van der Waals surface area contributed by atoms with Gasteiger partial charge < -0.3 is 11.1 Å². The highest BCUT2D eigenvalue weighted by Gasteiger charge is 2.25. The number of rotatable bonds is 5. The average Bonchev–Trinajstić information content (AvgIpc) is 2.36. The lowest BCUT2D eigenvalue weighted by Gasteiger charge is -2.32. The Balaban J connectivity index is 2.99. The zero-order chi connectivity index (χ0) is 12.0. The summed E-state index contributed by atoms with van der Waals surface area (Å²) in [7, 11) is 0. The fraction of sp³-hybridized carbons (Fsp3) is 0.500. The standard InChI is InChI=1S/C12H18N4/c1-3-12(4-2,9-14)16-11-10(8-13)6-5-7-15-11/h5-7H,3-4,9,14H2,1-2H3,(H,15,16). The van der Waals surface area contributed by atoms with Crippen molar-refractivity contribution in [2.75, 3.05) is 11.9 Å². The minimum atomic E-state index is -0.167. The van der Waals surface area contributed by atoms with Gasteiger partial charge in [0, 0.05) is 12.7 Å². The fourth-order valence-corrected chi connectivity index (χ4v) is 1.61. The molecule has 1 heterocycles. The SMILES string of the molecule is CCC(CC)(CN)Nc1ncccc1C#N. The van der Waals surface area contributed by atoms with E-state index in [1.54, 1.807) is 18.3 Å². The lowest BCUT2D eigenvalue weighted by molar-refractivity contribution is 0.443. The van der Waals surface area contributed by atoms with E-state index in [0.717, 1.165) is 12.8 Å². The lowest BCUT2D eigenvalue weighted by Crippen LogP contribution is -2.44. The predicted octanol–water partition coefficient (Wildman–Crippen LogP) is 1.88. The highest BCUT2D eigenvalue weighted by atomic mass is 15.1. The number of hydrogen-bond acceptors (Lipinski definition) is 4. The van der Waals surface area contributed by atoms with Crippen LogP contribution < -0.4 is 11.1 Å². The molecular weight excluding hydrogens is 200 g/mol. The third kappa shape index (κ3) is 2.50. The molecule has 0 aromatic carbocycles. The van der Waals surface area contributed by atoms with Crippen LogP contribution in [-0.4, -0.2) is 17.1 Å². The third-order valence-electron chi connectivity index (χ3n) is 3.06. The Bertz CT molecular complexity index is 369. The molecule has 0 amide bonds. The molecule has 0 saturated heterocycles. The molecule has 0 atom stereocenters. The van der Waals surface area contributed by atoms with E-state index in [9.17, 15) is 0 Å². The summed E-state index contributed by atoms with van der Waals surface area (Å²) in [6, 6.07) is 5.63. The normalized spacial score (nSPS) is 10.9. The van der Waals surface area contributed by atoms with Crippen LogP contribution in [0.1, 0.15) is 32.3 Å². The van der Waals surface area contributed by atoms with E-state index in [4.69, 9.17) is 11.0 Å². The van der Waals surface area contributed by atoms with Crippen LogP contribution in [0.25, 0.3) is 0 Å². The number of aromatic nitrogens is 1. The molecular formula is C12H18N4. The maximum Gasteiger partial charge on any atom is 0.144 e. The van der Waals surface area contributed by atoms with Crippen LogP contribution in [0.3, 0.4) is 0 Å². The van der Waals surface area contributed by atoms with Crippen molar-refractivity contribution in [2.24, 2.45) is 5.73 Å². The number of nitrogens with one attached hydrogen (secondary N) is 1. The van der Waals surface area contributed by atoms with Crippen LogP contribution >= 0.6 is 0 Å². The Kier molecular flexibility index (Phi) is 4.27. The Labute approximate surface area is 96.5 Å². The molecule has 16 heavy (non-hydrogen) atoms. The fourth-order valence-electron chi connectivity index (χ4n) is 1.61. The lowest BCUT2D eigenvalue weighted by atomic mass is 9.93. The van der Waals surface area contributed by atoms with Crippen molar-refractivity contribution in [3.05, 3.63) is 23.9 Å². The molecule has 1 aromatic rings. The van der Waals surface area contributed by atoms with Crippen LogP contribution in [0.5, 0.6) is 0 Å². The van der Waals surface area contributed by atoms with Gasteiger partial charge in [-0.1, -0.05) is 13.8 Å². The summed E-state index contributed by atoms with van der Waals surface area (Å²) in [5, 5.41) is 12.3. The Morgan fingerprint density at radius 3 is 2.69 bits per heavy atom. The summed E-state index contributed by atoms with van der Waals surface area (Å²) in [5.74, 6) is 0.624. The second-order valence-electron chi connectivity index (χ2n) is 3.83. The van der Waals surface area contributed by atoms with E-state index in [1.807, 2.05) is 0 Å². The van der Waals surface area contributed by atoms with Gasteiger partial charge in [-0.2, -0.15) is 5.26 Å². The average molecular weight is 218 g/mol. The van der Waals surface area contributed by atoms with E-state index >= 15 is 0 Å². The zero-order valence-corrected chi connectivity index (χ0v) is 9.83. The van der Waals surface area contributed by atoms with Crippen molar-refractivity contribution in [3.63, 3.8) is 0 Å². The smallest absolute Gasteiger partial charge is 0.144 e. The van der Waals surface area contributed by atoms with Gasteiger partial charge in [-0.25, -0.2) is 4.98 Å². The summed E-state index contributed by atoms with van der Waals surface area (Å²) in [4.78, 5) is 4.19. The third-order valence-corrected chi connectivity index (χ3v) is 3.06. The maximum absolute atomic E-state index is 8.97. The number of hydrogen-bond donors (Lipinski definition) is 2. The monoisotopic (exact) mass is 218 g/mol. The van der Waals surface area contributed by atoms with Gasteiger partial charge in [-0.05, 0) is 25.0 Å². The molecule has 0 aliphatic rings. The van der Waals surface area contributed by atoms with Gasteiger partial charge in [0.05, 0.1) is 11.1 Å². The first-order chi connectivity index (χ1) is 7.71. The van der Waals surface area contributed by atoms with Gasteiger partial charge in [-0.15, -0.1) is 0 Å². The molecule has 0 radical (unpaired) electrons. The molecule has 0 unspecified atom stereocenters. The highest BCUT2D eigenvalue weighted by molar-refractivity contribution is 5.52. The van der Waals surface area contributed by atoms with Crippen LogP contribution in [-0.2, 0) is 0 Å². The van der Waals surface area contributed by atoms with Gasteiger partial charge in [0.1, 0.15) is 11.9 Å². The molecule has 0 bridgehead atoms. The van der Waals surface area contributed by atoms with Crippen LogP contribution in [0.4, 0.5) is 5.82 Å². The highest BCUT2D eigenvalue weighted by Crippen LogP contribution is 2.21. The molecule has 0 aliphatic carbocycles. The summed E-state index contributed by atoms with van der Waals surface area (Å²) < 4.78 is 0. The first-order valence-corrected chi connectivity index (χ1v) is 5.54. The van der Waals surface area contributed by atoms with E-state index in [0.29, 0.717) is 17.9 Å². The summed E-state index contributed by atoms with van der Waals surface area (Å²) >= 11 is 0. The Hall–Kier alpha value is -1.60. The van der Waals surface area contributed by atoms with Gasteiger partial charge in [-0.3, -0.25) is 0 Å². The van der Waals surface area contributed by atoms with Crippen molar-refractivity contribution in [2.45, 2.75) is 32.2 Å². The molecule has 4 nitrogen and oxygen atoms in total. The van der Waals surface area contributed by atoms with Crippen LogP contribution in [0.2, 0.25) is 0 Å². The molecule has 0 fully saturated rings. The summed E-state index contributed by atoms with van der Waals surface area (Å²) in [5.41, 5.74) is 6.19. The summed E-state index contributed by atoms with van der Waals surface area (Å²) in [6.45, 7) is 4.69. The maximum atomic E-state index is 8.97. The number of pyridine rings is 1. The molecule has 0 aliphatic heterocycles. The zero-order valence-electron chi connectivity index (χ0n) is 9.83. The molecule has 0 spiro atoms. The Morgan fingerprint density at radius 2 is 2.19 bits per heavy atom. The molecule has 0 saturated carbocycles. The van der Waals surface area contributed by atoms with Gasteiger partial charge in [0.25, 0.3) is 0 Å². The molecule has 3 N–H and O–H groups in total. The topological polar surface area (TPSA) is 74.7 Å². The van der Waals surface area contributed by atoms with Crippen molar-refractivity contribution in [1.29, 1.82) is 5.26 Å². The first-order valence-electron chi connectivity index (χ1n) is 5.54. The minimum absolute atomic E-state index is 0.167. The van der Waals surface area contributed by atoms with Crippen molar-refractivity contribution < 1.29 is 0 Å². The molecule has 86 valence electrons. The Morgan fingerprint density at radius 1 is 1.50 bits per heavy atom. The predicted molar refractivity (Wildman–Crippen MR) is 64.9 cm³/mol. The number of nitrogens with zero attached hydrogens (tertiary/aromatic N) is 2. The van der Waals surface area contributed by atoms with Gasteiger partial charge in [0.2, 0.25) is 0 Å². The van der Waals surface area contributed by atoms with E-state index in [-0.39, 0.29) is 5.54 Å². The van der Waals surface area contributed by atoms with E-state index < -0.39 is 0 Å². The van der Waals surface area contributed by atoms with E-state index in [2.05, 4.69) is 30.2 Å². The van der Waals surface area contributed by atoms with Crippen molar-refractivity contribution >= 4 is 5.82 Å². The van der Waals surface area contributed by atoms with Crippen molar-refractivity contribution in [1.82, 2.24) is 4.98 Å². The van der Waals surface area contributed by atoms with Crippen LogP contribution in [0.15, 0.2) is 18.3 Å². The van der Waals surface area contributed by atoms with Crippen LogP contribution in [0, 0.1) is 11.3 Å². The number of anilines is 1. The van der Waals surface area contributed by atoms with Gasteiger partial charge >= 0.3 is 0 Å². The second kappa shape index (κ2) is 5.47. The quantitative estimate of drug-likeness (QED) is 0.791. The first kappa shape index (κ1) is 12.5.